The first-order valence-corrected chi connectivity index (χ1v) is 20.2. The monoisotopic (exact) mass is 838 g/mol. The van der Waals surface area contributed by atoms with E-state index >= 15 is 0 Å². The Morgan fingerprint density at radius 1 is 0.393 bits per heavy atom. The van der Waals surface area contributed by atoms with Crippen LogP contribution < -0.4 is 21.3 Å². The van der Waals surface area contributed by atoms with Gasteiger partial charge >= 0.3 is 30.2 Å². The lowest BCUT2D eigenvalue weighted by molar-refractivity contribution is -0.145. The molecule has 4 aromatic carbocycles. The van der Waals surface area contributed by atoms with E-state index in [0.717, 1.165) is 27.9 Å². The normalized spacial score (nSPS) is 10.5. The van der Waals surface area contributed by atoms with Gasteiger partial charge in [-0.3, -0.25) is 30.3 Å². The Morgan fingerprint density at radius 3 is 1.00 bits per heavy atom. The third-order valence-electron chi connectivity index (χ3n) is 8.97. The number of ether oxygens (including phenoxy) is 5. The molecular formula is C46H54N4O11. The molecule has 324 valence electrons. The lowest BCUT2D eigenvalue weighted by Crippen LogP contribution is -2.16. The number of hydrogen-bond donors (Lipinski definition) is 4. The van der Waals surface area contributed by atoms with Crippen molar-refractivity contribution in [2.24, 2.45) is 0 Å². The first-order valence-electron chi connectivity index (χ1n) is 20.2. The van der Waals surface area contributed by atoms with Gasteiger partial charge in [0.15, 0.2) is 0 Å². The summed E-state index contributed by atoms with van der Waals surface area (Å²) in [6.07, 6.45) is 3.38. The van der Waals surface area contributed by atoms with Gasteiger partial charge in [-0.1, -0.05) is 48.5 Å². The molecule has 0 aliphatic carbocycles. The summed E-state index contributed by atoms with van der Waals surface area (Å²) in [5.41, 5.74) is 6.73. The first kappa shape index (κ1) is 46.8. The standard InChI is InChI=1S/C46H54N4O11/c1-33(51)47-38-19-11-34(12-20-38)31-35-13-21-40(22-14-35)49-45(55)60-29-7-8-30-61-46(56)50-41-25-17-37(18-26-41)32-36-15-23-39(24-16-36)48-44(54)59-28-6-5-27-58-43(53)10-4-3-9-42(52)57-2/h11-26H,3-10,27-32H2,1-2H3,(H,47,51)(H,48,54)(H,49,55)(H,50,56). The van der Waals surface area contributed by atoms with Crippen LogP contribution in [0.3, 0.4) is 0 Å². The number of carbonyl (C=O) groups excluding carboxylic acids is 6. The van der Waals surface area contributed by atoms with E-state index in [4.69, 9.17) is 18.9 Å². The van der Waals surface area contributed by atoms with Crippen molar-refractivity contribution in [2.45, 2.75) is 71.1 Å². The topological polar surface area (TPSA) is 197 Å². The Hall–Kier alpha value is -6.90. The minimum absolute atomic E-state index is 0.116. The number of nitrogens with one attached hydrogen (secondary N) is 4. The third-order valence-corrected chi connectivity index (χ3v) is 8.97. The highest BCUT2D eigenvalue weighted by Gasteiger charge is 2.09. The zero-order valence-electron chi connectivity index (χ0n) is 34.6. The van der Waals surface area contributed by atoms with Gasteiger partial charge in [0.05, 0.1) is 33.5 Å². The number of esters is 2. The van der Waals surface area contributed by atoms with Gasteiger partial charge in [-0.05, 0) is 122 Å². The van der Waals surface area contributed by atoms with E-state index in [1.807, 2.05) is 72.8 Å². The van der Waals surface area contributed by atoms with Gasteiger partial charge in [-0.2, -0.15) is 0 Å². The van der Waals surface area contributed by atoms with Crippen LogP contribution in [0.15, 0.2) is 97.1 Å². The highest BCUT2D eigenvalue weighted by Crippen LogP contribution is 2.18. The fourth-order valence-electron chi connectivity index (χ4n) is 5.76. The van der Waals surface area contributed by atoms with Crippen LogP contribution in [0.2, 0.25) is 0 Å². The molecule has 0 heterocycles. The quantitative estimate of drug-likeness (QED) is 0.0316. The van der Waals surface area contributed by atoms with Crippen LogP contribution in [0, 0.1) is 0 Å². The Labute approximate surface area is 355 Å². The third kappa shape index (κ3) is 19.6. The molecule has 15 heteroatoms. The Balaban J connectivity index is 1.01. The van der Waals surface area contributed by atoms with Gasteiger partial charge < -0.3 is 29.0 Å². The van der Waals surface area contributed by atoms with Crippen molar-refractivity contribution in [3.63, 3.8) is 0 Å². The van der Waals surface area contributed by atoms with E-state index in [9.17, 15) is 28.8 Å². The van der Waals surface area contributed by atoms with Crippen LogP contribution in [0.4, 0.5) is 37.1 Å². The van der Waals surface area contributed by atoms with Gasteiger partial charge in [0.25, 0.3) is 0 Å². The fraction of sp³-hybridized carbons (Fsp3) is 0.348. The van der Waals surface area contributed by atoms with Gasteiger partial charge in [-0.15, -0.1) is 0 Å². The SMILES string of the molecule is COC(=O)CCCCC(=O)OCCCCOC(=O)Nc1ccc(Cc2ccc(NC(=O)OCCCCOC(=O)Nc3ccc(Cc4ccc(NC(C)=O)cc4)cc3)cc2)cc1. The molecule has 4 amide bonds. The maximum absolute atomic E-state index is 12.3. The second-order valence-corrected chi connectivity index (χ2v) is 14.0. The largest absolute Gasteiger partial charge is 0.469 e. The lowest BCUT2D eigenvalue weighted by atomic mass is 10.0. The summed E-state index contributed by atoms with van der Waals surface area (Å²) < 4.78 is 25.5. The molecule has 0 saturated carbocycles. The number of rotatable bonds is 23. The van der Waals surface area contributed by atoms with Crippen molar-refractivity contribution in [2.75, 3.05) is 54.8 Å². The minimum atomic E-state index is -0.583. The van der Waals surface area contributed by atoms with Crippen LogP contribution in [-0.4, -0.2) is 69.7 Å². The van der Waals surface area contributed by atoms with Crippen LogP contribution in [0.5, 0.6) is 0 Å². The summed E-state index contributed by atoms with van der Waals surface area (Å²) in [6, 6.07) is 29.9. The number of amides is 4. The van der Waals surface area contributed by atoms with Crippen LogP contribution >= 0.6 is 0 Å². The predicted molar refractivity (Wildman–Crippen MR) is 231 cm³/mol. The fourth-order valence-corrected chi connectivity index (χ4v) is 5.76. The molecule has 0 aromatic heterocycles. The summed E-state index contributed by atoms with van der Waals surface area (Å²) in [6.45, 7) is 2.22. The van der Waals surface area contributed by atoms with Crippen molar-refractivity contribution in [3.8, 4) is 0 Å². The Bertz CT molecular complexity index is 2000. The number of methoxy groups -OCH3 is 1. The number of hydrogen-bond acceptors (Lipinski definition) is 11. The average Bonchev–Trinajstić information content (AvgIpc) is 3.24. The summed E-state index contributed by atoms with van der Waals surface area (Å²) in [4.78, 5) is 70.7. The zero-order chi connectivity index (χ0) is 43.7. The highest BCUT2D eigenvalue weighted by atomic mass is 16.6. The molecular weight excluding hydrogens is 785 g/mol. The van der Waals surface area contributed by atoms with E-state index in [0.29, 0.717) is 68.4 Å². The van der Waals surface area contributed by atoms with E-state index in [1.54, 1.807) is 24.3 Å². The van der Waals surface area contributed by atoms with E-state index < -0.39 is 18.3 Å². The molecule has 0 aliphatic heterocycles. The maximum atomic E-state index is 12.3. The molecule has 0 bridgehead atoms. The molecule has 0 fully saturated rings. The second-order valence-electron chi connectivity index (χ2n) is 14.0. The Kier molecular flexibility index (Phi) is 20.1. The molecule has 4 N–H and O–H groups in total. The van der Waals surface area contributed by atoms with Gasteiger partial charge in [0.1, 0.15) is 0 Å². The molecule has 0 saturated heterocycles. The van der Waals surface area contributed by atoms with Gasteiger partial charge in [0, 0.05) is 42.5 Å². The molecule has 4 rings (SSSR count). The summed E-state index contributed by atoms with van der Waals surface area (Å²) in [5.74, 6) is -0.735. The molecule has 0 atom stereocenters. The van der Waals surface area contributed by atoms with Crippen LogP contribution in [0.25, 0.3) is 0 Å². The predicted octanol–water partition coefficient (Wildman–Crippen LogP) is 9.01. The van der Waals surface area contributed by atoms with Gasteiger partial charge in [-0.25, -0.2) is 14.4 Å². The average molecular weight is 839 g/mol. The van der Waals surface area contributed by atoms with Crippen molar-refractivity contribution in [1.29, 1.82) is 0 Å². The zero-order valence-corrected chi connectivity index (χ0v) is 34.6. The van der Waals surface area contributed by atoms with Crippen molar-refractivity contribution >= 4 is 58.9 Å². The summed E-state index contributed by atoms with van der Waals surface area (Å²) in [5, 5.41) is 10.9. The summed E-state index contributed by atoms with van der Waals surface area (Å²) in [7, 11) is 1.33. The molecule has 15 nitrogen and oxygen atoms in total. The van der Waals surface area contributed by atoms with Crippen molar-refractivity contribution in [3.05, 3.63) is 119 Å². The van der Waals surface area contributed by atoms with Crippen molar-refractivity contribution in [1.82, 2.24) is 0 Å². The number of carbonyl (C=O) groups is 6. The second kappa shape index (κ2) is 26.3. The van der Waals surface area contributed by atoms with E-state index in [1.165, 1.54) is 14.0 Å². The number of benzene rings is 4. The molecule has 0 aliphatic rings. The Morgan fingerprint density at radius 2 is 0.689 bits per heavy atom. The maximum Gasteiger partial charge on any atom is 0.411 e. The number of anilines is 4. The first-order chi connectivity index (χ1) is 29.5. The smallest absolute Gasteiger partial charge is 0.411 e. The summed E-state index contributed by atoms with van der Waals surface area (Å²) >= 11 is 0. The number of unbranched alkanes of at least 4 members (excludes halogenated alkanes) is 3. The molecule has 0 spiro atoms. The molecule has 0 radical (unpaired) electrons. The molecule has 4 aromatic rings. The van der Waals surface area contributed by atoms with E-state index in [2.05, 4.69) is 26.0 Å². The minimum Gasteiger partial charge on any atom is -0.469 e. The van der Waals surface area contributed by atoms with E-state index in [-0.39, 0.29) is 57.1 Å². The van der Waals surface area contributed by atoms with Crippen molar-refractivity contribution < 1.29 is 52.5 Å². The van der Waals surface area contributed by atoms with Crippen LogP contribution in [0.1, 0.15) is 80.5 Å². The van der Waals surface area contributed by atoms with Gasteiger partial charge in [0.2, 0.25) is 5.91 Å². The van der Waals surface area contributed by atoms with Crippen LogP contribution in [-0.2, 0) is 50.9 Å². The highest BCUT2D eigenvalue weighted by molar-refractivity contribution is 5.88. The lowest BCUT2D eigenvalue weighted by Gasteiger charge is -2.10. The molecule has 0 unspecified atom stereocenters. The molecule has 61 heavy (non-hydrogen) atoms.